The topological polar surface area (TPSA) is 83.6 Å². The summed E-state index contributed by atoms with van der Waals surface area (Å²) in [4.78, 5) is 26.7. The Labute approximate surface area is 122 Å². The largest absolute Gasteiger partial charge is 0.479 e. The fourth-order valence-electron chi connectivity index (χ4n) is 2.76. The Balaban J connectivity index is 2.33. The predicted molar refractivity (Wildman–Crippen MR) is 77.6 cm³/mol. The first-order valence-corrected chi connectivity index (χ1v) is 7.65. The van der Waals surface area contributed by atoms with E-state index in [4.69, 9.17) is 5.73 Å². The molecule has 0 saturated heterocycles. The van der Waals surface area contributed by atoms with Crippen molar-refractivity contribution in [1.29, 1.82) is 0 Å². The molecule has 6 heteroatoms. The van der Waals surface area contributed by atoms with Gasteiger partial charge in [0, 0.05) is 11.4 Å². The summed E-state index contributed by atoms with van der Waals surface area (Å²) in [7, 11) is 0. The molecule has 0 radical (unpaired) electrons. The van der Waals surface area contributed by atoms with Gasteiger partial charge < -0.3 is 15.7 Å². The first kappa shape index (κ1) is 15.0. The molecule has 3 N–H and O–H groups in total. The zero-order chi connectivity index (χ0) is 14.9. The fraction of sp³-hybridized carbons (Fsp3) is 0.571. The van der Waals surface area contributed by atoms with E-state index in [1.54, 1.807) is 24.3 Å². The Bertz CT molecular complexity index is 524. The van der Waals surface area contributed by atoms with E-state index >= 15 is 0 Å². The Hall–Kier alpha value is -1.40. The van der Waals surface area contributed by atoms with Crippen LogP contribution in [0.1, 0.15) is 43.2 Å². The SMILES string of the molecule is CCCC(C)(N)C(=O)N1CCc2sccc2C1C(=O)O. The van der Waals surface area contributed by atoms with E-state index in [0.717, 1.165) is 16.9 Å². The molecule has 1 aliphatic rings. The summed E-state index contributed by atoms with van der Waals surface area (Å²) in [5.74, 6) is -1.27. The first-order chi connectivity index (χ1) is 9.38. The highest BCUT2D eigenvalue weighted by Gasteiger charge is 2.41. The van der Waals surface area contributed by atoms with E-state index in [-0.39, 0.29) is 5.91 Å². The maximum absolute atomic E-state index is 12.6. The highest BCUT2D eigenvalue weighted by Crippen LogP contribution is 2.34. The van der Waals surface area contributed by atoms with Crippen LogP contribution in [-0.2, 0) is 16.0 Å². The smallest absolute Gasteiger partial charge is 0.331 e. The highest BCUT2D eigenvalue weighted by molar-refractivity contribution is 7.10. The van der Waals surface area contributed by atoms with Crippen molar-refractivity contribution in [1.82, 2.24) is 4.90 Å². The van der Waals surface area contributed by atoms with Crippen LogP contribution < -0.4 is 5.73 Å². The zero-order valence-corrected chi connectivity index (χ0v) is 12.6. The third-order valence-corrected chi connectivity index (χ3v) is 4.72. The third-order valence-electron chi connectivity index (χ3n) is 3.72. The molecule has 1 aromatic heterocycles. The van der Waals surface area contributed by atoms with Crippen molar-refractivity contribution < 1.29 is 14.7 Å². The van der Waals surface area contributed by atoms with Gasteiger partial charge in [0.2, 0.25) is 5.91 Å². The molecule has 110 valence electrons. The van der Waals surface area contributed by atoms with Gasteiger partial charge in [-0.25, -0.2) is 4.79 Å². The van der Waals surface area contributed by atoms with Gasteiger partial charge in [0.15, 0.2) is 6.04 Å². The second-order valence-electron chi connectivity index (χ2n) is 5.46. The van der Waals surface area contributed by atoms with Crippen LogP contribution in [0.3, 0.4) is 0 Å². The predicted octanol–water partition coefficient (Wildman–Crippen LogP) is 1.78. The Morgan fingerprint density at radius 2 is 2.30 bits per heavy atom. The lowest BCUT2D eigenvalue weighted by Gasteiger charge is -2.38. The number of fused-ring (bicyclic) bond motifs is 1. The minimum Gasteiger partial charge on any atom is -0.479 e. The summed E-state index contributed by atoms with van der Waals surface area (Å²) in [6, 6.07) is 0.892. The van der Waals surface area contributed by atoms with E-state index in [1.165, 1.54) is 4.90 Å². The Morgan fingerprint density at radius 1 is 1.60 bits per heavy atom. The number of carbonyl (C=O) groups is 2. The van der Waals surface area contributed by atoms with Gasteiger partial charge in [-0.3, -0.25) is 4.79 Å². The number of hydrogen-bond acceptors (Lipinski definition) is 4. The van der Waals surface area contributed by atoms with E-state index in [9.17, 15) is 14.7 Å². The molecule has 0 spiro atoms. The van der Waals surface area contributed by atoms with Crippen LogP contribution in [0.5, 0.6) is 0 Å². The summed E-state index contributed by atoms with van der Waals surface area (Å²) < 4.78 is 0. The van der Waals surface area contributed by atoms with Crippen LogP contribution in [0, 0.1) is 0 Å². The molecule has 1 aromatic rings. The number of carbonyl (C=O) groups excluding carboxylic acids is 1. The van der Waals surface area contributed by atoms with Crippen molar-refractivity contribution >= 4 is 23.2 Å². The van der Waals surface area contributed by atoms with Crippen molar-refractivity contribution in [3.8, 4) is 0 Å². The van der Waals surface area contributed by atoms with E-state index in [0.29, 0.717) is 19.4 Å². The summed E-state index contributed by atoms with van der Waals surface area (Å²) in [6.45, 7) is 4.06. The molecular formula is C14H20N2O3S. The Morgan fingerprint density at radius 3 is 2.90 bits per heavy atom. The molecule has 20 heavy (non-hydrogen) atoms. The molecule has 1 amide bonds. The average molecular weight is 296 g/mol. The fourth-order valence-corrected chi connectivity index (χ4v) is 3.66. The van der Waals surface area contributed by atoms with Gasteiger partial charge in [-0.15, -0.1) is 11.3 Å². The number of nitrogens with two attached hydrogens (primary N) is 1. The average Bonchev–Trinajstić information content (AvgIpc) is 2.84. The number of thiophene rings is 1. The van der Waals surface area contributed by atoms with Crippen LogP contribution in [-0.4, -0.2) is 34.0 Å². The van der Waals surface area contributed by atoms with Gasteiger partial charge >= 0.3 is 5.97 Å². The maximum atomic E-state index is 12.6. The molecule has 1 aliphatic heterocycles. The van der Waals surface area contributed by atoms with Gasteiger partial charge in [0.1, 0.15) is 0 Å². The van der Waals surface area contributed by atoms with E-state index in [2.05, 4.69) is 0 Å². The second kappa shape index (κ2) is 5.54. The van der Waals surface area contributed by atoms with Gasteiger partial charge in [0.25, 0.3) is 0 Å². The quantitative estimate of drug-likeness (QED) is 0.887. The minimum atomic E-state index is -1.00. The number of aliphatic carboxylic acids is 1. The summed E-state index contributed by atoms with van der Waals surface area (Å²) >= 11 is 1.55. The van der Waals surface area contributed by atoms with Crippen molar-refractivity contribution in [3.05, 3.63) is 21.9 Å². The number of amides is 1. The molecule has 0 bridgehead atoms. The zero-order valence-electron chi connectivity index (χ0n) is 11.8. The lowest BCUT2D eigenvalue weighted by molar-refractivity contribution is -0.153. The minimum absolute atomic E-state index is 0.274. The maximum Gasteiger partial charge on any atom is 0.331 e. The van der Waals surface area contributed by atoms with E-state index < -0.39 is 17.6 Å². The molecule has 2 atom stereocenters. The highest BCUT2D eigenvalue weighted by atomic mass is 32.1. The molecular weight excluding hydrogens is 276 g/mol. The van der Waals surface area contributed by atoms with Crippen LogP contribution in [0.25, 0.3) is 0 Å². The van der Waals surface area contributed by atoms with Crippen LogP contribution in [0.15, 0.2) is 11.4 Å². The van der Waals surface area contributed by atoms with Crippen LogP contribution in [0.2, 0.25) is 0 Å². The van der Waals surface area contributed by atoms with Gasteiger partial charge in [-0.2, -0.15) is 0 Å². The molecule has 2 rings (SSSR count). The molecule has 2 unspecified atom stereocenters. The van der Waals surface area contributed by atoms with Crippen molar-refractivity contribution in [2.24, 2.45) is 5.73 Å². The summed E-state index contributed by atoms with van der Waals surface area (Å²) in [5.41, 5.74) is 5.80. The monoisotopic (exact) mass is 296 g/mol. The molecule has 0 aromatic carbocycles. The van der Waals surface area contributed by atoms with Crippen molar-refractivity contribution in [2.75, 3.05) is 6.54 Å². The van der Waals surface area contributed by atoms with Crippen molar-refractivity contribution in [2.45, 2.75) is 44.7 Å². The standard InChI is InChI=1S/C14H20N2O3S/c1-3-6-14(2,15)13(19)16-7-4-10-9(5-8-20-10)11(16)12(17)18/h5,8,11H,3-4,6-7,15H2,1-2H3,(H,17,18). The number of hydrogen-bond donors (Lipinski definition) is 2. The first-order valence-electron chi connectivity index (χ1n) is 6.77. The number of nitrogens with zero attached hydrogens (tertiary/aromatic N) is 1. The Kier molecular flexibility index (Phi) is 4.15. The van der Waals surface area contributed by atoms with Gasteiger partial charge in [-0.1, -0.05) is 13.3 Å². The molecule has 0 aliphatic carbocycles. The second-order valence-corrected chi connectivity index (χ2v) is 6.46. The summed E-state index contributed by atoms with van der Waals surface area (Å²) in [6.07, 6.45) is 2.03. The van der Waals surface area contributed by atoms with Crippen LogP contribution in [0.4, 0.5) is 0 Å². The number of carboxylic acids is 1. The molecule has 0 saturated carbocycles. The van der Waals surface area contributed by atoms with E-state index in [1.807, 2.05) is 12.3 Å². The normalized spacial score (nSPS) is 21.1. The molecule has 2 heterocycles. The third kappa shape index (κ3) is 2.58. The number of carboxylic acid groups (broad SMARTS) is 1. The van der Waals surface area contributed by atoms with Gasteiger partial charge in [0.05, 0.1) is 5.54 Å². The van der Waals surface area contributed by atoms with Crippen molar-refractivity contribution in [3.63, 3.8) is 0 Å². The lowest BCUT2D eigenvalue weighted by Crippen LogP contribution is -2.56. The van der Waals surface area contributed by atoms with Crippen LogP contribution >= 0.6 is 11.3 Å². The molecule has 0 fully saturated rings. The van der Waals surface area contributed by atoms with Gasteiger partial charge in [-0.05, 0) is 36.8 Å². The lowest BCUT2D eigenvalue weighted by atomic mass is 9.92. The molecule has 5 nitrogen and oxygen atoms in total. The summed E-state index contributed by atoms with van der Waals surface area (Å²) in [5, 5.41) is 11.4. The number of rotatable bonds is 4.